The molecule has 5 heteroatoms. The van der Waals surface area contributed by atoms with Crippen LogP contribution >= 0.6 is 0 Å². The SMILES string of the molecule is Cc1cc(C)c(C(=O)NC2CCNC(=O)CC2)o1. The molecule has 1 unspecified atom stereocenters. The second kappa shape index (κ2) is 5.25. The van der Waals surface area contributed by atoms with Gasteiger partial charge in [-0.15, -0.1) is 0 Å². The van der Waals surface area contributed by atoms with Crippen LogP contribution in [0.15, 0.2) is 10.5 Å². The lowest BCUT2D eigenvalue weighted by atomic mass is 10.1. The highest BCUT2D eigenvalue weighted by Crippen LogP contribution is 2.14. The third-order valence-electron chi connectivity index (χ3n) is 3.12. The van der Waals surface area contributed by atoms with Crippen LogP contribution in [-0.4, -0.2) is 24.4 Å². The molecule has 1 atom stereocenters. The molecule has 1 aliphatic rings. The summed E-state index contributed by atoms with van der Waals surface area (Å²) in [4.78, 5) is 23.2. The Morgan fingerprint density at radius 2 is 2.22 bits per heavy atom. The summed E-state index contributed by atoms with van der Waals surface area (Å²) in [5.41, 5.74) is 0.841. The Labute approximate surface area is 106 Å². The molecule has 2 amide bonds. The minimum absolute atomic E-state index is 0.0289. The lowest BCUT2D eigenvalue weighted by molar-refractivity contribution is -0.120. The number of carbonyl (C=O) groups is 2. The van der Waals surface area contributed by atoms with E-state index in [9.17, 15) is 9.59 Å². The lowest BCUT2D eigenvalue weighted by Crippen LogP contribution is -2.35. The maximum Gasteiger partial charge on any atom is 0.287 e. The number of nitrogens with one attached hydrogen (secondary N) is 2. The van der Waals surface area contributed by atoms with Crippen molar-refractivity contribution in [1.29, 1.82) is 0 Å². The molecule has 2 N–H and O–H groups in total. The van der Waals surface area contributed by atoms with E-state index in [1.54, 1.807) is 0 Å². The molecule has 5 nitrogen and oxygen atoms in total. The first-order chi connectivity index (χ1) is 8.56. The predicted molar refractivity (Wildman–Crippen MR) is 66.3 cm³/mol. The Bertz CT molecular complexity index is 465. The van der Waals surface area contributed by atoms with Gasteiger partial charge >= 0.3 is 0 Å². The standard InChI is InChI=1S/C13H18N2O3/c1-8-7-9(2)18-12(8)13(17)15-10-3-4-11(16)14-6-5-10/h7,10H,3-6H2,1-2H3,(H,14,16)(H,15,17). The van der Waals surface area contributed by atoms with Crippen molar-refractivity contribution < 1.29 is 14.0 Å². The third-order valence-corrected chi connectivity index (χ3v) is 3.12. The van der Waals surface area contributed by atoms with Crippen molar-refractivity contribution in [1.82, 2.24) is 10.6 Å². The number of furan rings is 1. The fourth-order valence-corrected chi connectivity index (χ4v) is 2.19. The second-order valence-corrected chi connectivity index (χ2v) is 4.72. The lowest BCUT2D eigenvalue weighted by Gasteiger charge is -2.14. The Balaban J connectivity index is 1.98. The topological polar surface area (TPSA) is 71.3 Å². The van der Waals surface area contributed by atoms with Crippen LogP contribution < -0.4 is 10.6 Å². The van der Waals surface area contributed by atoms with Crippen molar-refractivity contribution in [2.24, 2.45) is 0 Å². The molecule has 1 aromatic heterocycles. The smallest absolute Gasteiger partial charge is 0.287 e. The van der Waals surface area contributed by atoms with E-state index >= 15 is 0 Å². The van der Waals surface area contributed by atoms with Crippen molar-refractivity contribution in [3.63, 3.8) is 0 Å². The Morgan fingerprint density at radius 3 is 2.89 bits per heavy atom. The van der Waals surface area contributed by atoms with Crippen molar-refractivity contribution >= 4 is 11.8 Å². The summed E-state index contributed by atoms with van der Waals surface area (Å²) in [7, 11) is 0. The molecule has 2 heterocycles. The van der Waals surface area contributed by atoms with Gasteiger partial charge in [0, 0.05) is 24.6 Å². The molecule has 0 radical (unpaired) electrons. The monoisotopic (exact) mass is 250 g/mol. The van der Waals surface area contributed by atoms with Gasteiger partial charge in [0.2, 0.25) is 5.91 Å². The largest absolute Gasteiger partial charge is 0.456 e. The zero-order valence-corrected chi connectivity index (χ0v) is 10.7. The highest BCUT2D eigenvalue weighted by Gasteiger charge is 2.21. The Kier molecular flexibility index (Phi) is 3.69. The molecule has 2 rings (SSSR count). The molecule has 0 aliphatic carbocycles. The van der Waals surface area contributed by atoms with Crippen molar-refractivity contribution in [2.75, 3.05) is 6.54 Å². The zero-order valence-electron chi connectivity index (χ0n) is 10.7. The summed E-state index contributed by atoms with van der Waals surface area (Å²) in [6.45, 7) is 4.28. The summed E-state index contributed by atoms with van der Waals surface area (Å²) in [6, 6.07) is 1.87. The molecule has 18 heavy (non-hydrogen) atoms. The summed E-state index contributed by atoms with van der Waals surface area (Å²) < 4.78 is 5.38. The highest BCUT2D eigenvalue weighted by atomic mass is 16.3. The molecule has 98 valence electrons. The van der Waals surface area contributed by atoms with Crippen molar-refractivity contribution in [3.8, 4) is 0 Å². The highest BCUT2D eigenvalue weighted by molar-refractivity contribution is 5.93. The van der Waals surface area contributed by atoms with E-state index in [0.29, 0.717) is 25.1 Å². The van der Waals surface area contributed by atoms with Gasteiger partial charge in [-0.3, -0.25) is 9.59 Å². The van der Waals surface area contributed by atoms with Crippen LogP contribution in [0.4, 0.5) is 0 Å². The maximum absolute atomic E-state index is 12.0. The van der Waals surface area contributed by atoms with Gasteiger partial charge < -0.3 is 15.1 Å². The Morgan fingerprint density at radius 1 is 1.44 bits per heavy atom. The van der Waals surface area contributed by atoms with E-state index in [-0.39, 0.29) is 17.9 Å². The molecular weight excluding hydrogens is 232 g/mol. The molecular formula is C13H18N2O3. The van der Waals surface area contributed by atoms with Crippen LogP contribution in [0.5, 0.6) is 0 Å². The minimum atomic E-state index is -0.194. The fourth-order valence-electron chi connectivity index (χ4n) is 2.19. The summed E-state index contributed by atoms with van der Waals surface area (Å²) in [5, 5.41) is 5.71. The first-order valence-corrected chi connectivity index (χ1v) is 6.21. The minimum Gasteiger partial charge on any atom is -0.456 e. The quantitative estimate of drug-likeness (QED) is 0.831. The summed E-state index contributed by atoms with van der Waals surface area (Å²) in [6.07, 6.45) is 1.90. The predicted octanol–water partition coefficient (Wildman–Crippen LogP) is 1.29. The molecule has 0 aromatic carbocycles. The van der Waals surface area contributed by atoms with E-state index in [4.69, 9.17) is 4.42 Å². The van der Waals surface area contributed by atoms with Crippen molar-refractivity contribution in [3.05, 3.63) is 23.2 Å². The van der Waals surface area contributed by atoms with Gasteiger partial charge in [0.1, 0.15) is 5.76 Å². The van der Waals surface area contributed by atoms with Crippen LogP contribution in [0.2, 0.25) is 0 Å². The Hall–Kier alpha value is -1.78. The number of aryl methyl sites for hydroxylation is 2. The normalized spacial score (nSPS) is 20.1. The molecule has 0 saturated carbocycles. The number of carbonyl (C=O) groups excluding carboxylic acids is 2. The van der Waals surface area contributed by atoms with Crippen LogP contribution in [0.1, 0.15) is 41.1 Å². The molecule has 0 spiro atoms. The summed E-state index contributed by atoms with van der Waals surface area (Å²) in [5.74, 6) is 0.961. The van der Waals surface area contributed by atoms with Gasteiger partial charge in [0.25, 0.3) is 5.91 Å². The average molecular weight is 250 g/mol. The summed E-state index contributed by atoms with van der Waals surface area (Å²) >= 11 is 0. The molecule has 0 bridgehead atoms. The van der Waals surface area contributed by atoms with Gasteiger partial charge in [-0.25, -0.2) is 0 Å². The zero-order chi connectivity index (χ0) is 13.1. The van der Waals surface area contributed by atoms with Crippen LogP contribution in [0.25, 0.3) is 0 Å². The van der Waals surface area contributed by atoms with Crippen LogP contribution in [-0.2, 0) is 4.79 Å². The molecule has 1 saturated heterocycles. The van der Waals surface area contributed by atoms with E-state index < -0.39 is 0 Å². The van der Waals surface area contributed by atoms with E-state index in [0.717, 1.165) is 17.7 Å². The van der Waals surface area contributed by atoms with Crippen molar-refractivity contribution in [2.45, 2.75) is 39.2 Å². The number of rotatable bonds is 2. The maximum atomic E-state index is 12.0. The van der Waals surface area contributed by atoms with Gasteiger partial charge in [-0.2, -0.15) is 0 Å². The third kappa shape index (κ3) is 2.91. The molecule has 1 fully saturated rings. The second-order valence-electron chi connectivity index (χ2n) is 4.72. The fraction of sp³-hybridized carbons (Fsp3) is 0.538. The first-order valence-electron chi connectivity index (χ1n) is 6.21. The molecule has 1 aliphatic heterocycles. The first kappa shape index (κ1) is 12.7. The molecule has 1 aromatic rings. The van der Waals surface area contributed by atoms with Gasteiger partial charge in [0.15, 0.2) is 5.76 Å². The van der Waals surface area contributed by atoms with E-state index in [1.807, 2.05) is 19.9 Å². The van der Waals surface area contributed by atoms with Crippen LogP contribution in [0.3, 0.4) is 0 Å². The van der Waals surface area contributed by atoms with E-state index in [2.05, 4.69) is 10.6 Å². The number of hydrogen-bond acceptors (Lipinski definition) is 3. The number of hydrogen-bond donors (Lipinski definition) is 2. The average Bonchev–Trinajstić information content (AvgIpc) is 2.51. The number of amides is 2. The van der Waals surface area contributed by atoms with Gasteiger partial charge in [-0.1, -0.05) is 0 Å². The van der Waals surface area contributed by atoms with Gasteiger partial charge in [-0.05, 0) is 32.8 Å². The van der Waals surface area contributed by atoms with E-state index in [1.165, 1.54) is 0 Å². The van der Waals surface area contributed by atoms with Crippen LogP contribution in [0, 0.1) is 13.8 Å². The van der Waals surface area contributed by atoms with Gasteiger partial charge in [0.05, 0.1) is 0 Å².